The third kappa shape index (κ3) is 1.89. The van der Waals surface area contributed by atoms with Crippen molar-refractivity contribution in [1.82, 2.24) is 0 Å². The van der Waals surface area contributed by atoms with Crippen molar-refractivity contribution in [1.29, 1.82) is 0 Å². The van der Waals surface area contributed by atoms with Crippen LogP contribution in [0.2, 0.25) is 0 Å². The fourth-order valence-electron chi connectivity index (χ4n) is 1.57. The van der Waals surface area contributed by atoms with Crippen LogP contribution in [-0.4, -0.2) is 7.11 Å². The predicted molar refractivity (Wildman–Crippen MR) is 58.3 cm³/mol. The summed E-state index contributed by atoms with van der Waals surface area (Å²) >= 11 is 0. The van der Waals surface area contributed by atoms with E-state index in [0.29, 0.717) is 11.3 Å². The number of hydrogen-bond donors (Lipinski definition) is 0. The van der Waals surface area contributed by atoms with Crippen LogP contribution in [0.1, 0.15) is 0 Å². The summed E-state index contributed by atoms with van der Waals surface area (Å²) in [6.07, 6.45) is 0. The highest BCUT2D eigenvalue weighted by atomic mass is 19.1. The zero-order valence-electron chi connectivity index (χ0n) is 8.71. The van der Waals surface area contributed by atoms with E-state index >= 15 is 0 Å². The van der Waals surface area contributed by atoms with Gasteiger partial charge in [0.05, 0.1) is 7.11 Å². The molecule has 0 radical (unpaired) electrons. The molecule has 16 heavy (non-hydrogen) atoms. The van der Waals surface area contributed by atoms with Crippen LogP contribution in [0.25, 0.3) is 11.1 Å². The van der Waals surface area contributed by atoms with Crippen LogP contribution in [0.5, 0.6) is 5.75 Å². The fraction of sp³-hybridized carbons (Fsp3) is 0.0769. The Morgan fingerprint density at radius 1 is 0.938 bits per heavy atom. The van der Waals surface area contributed by atoms with E-state index in [1.807, 2.05) is 0 Å². The molecular weight excluding hydrogens is 210 g/mol. The van der Waals surface area contributed by atoms with E-state index in [2.05, 4.69) is 0 Å². The molecule has 0 atom stereocenters. The molecule has 0 unspecified atom stereocenters. The molecule has 82 valence electrons. The molecule has 0 fully saturated rings. The standard InChI is InChI=1S/C13H10F2O/c1-16-13-5-3-2-4-10(13)11-8-9(14)6-7-12(11)15/h2-8H,1H3. The summed E-state index contributed by atoms with van der Waals surface area (Å²) in [5, 5.41) is 0. The molecule has 0 aliphatic heterocycles. The van der Waals surface area contributed by atoms with E-state index in [1.54, 1.807) is 24.3 Å². The number of hydrogen-bond acceptors (Lipinski definition) is 1. The Bertz CT molecular complexity index is 509. The summed E-state index contributed by atoms with van der Waals surface area (Å²) in [5.41, 5.74) is 0.749. The summed E-state index contributed by atoms with van der Waals surface area (Å²) in [6.45, 7) is 0. The highest BCUT2D eigenvalue weighted by molar-refractivity contribution is 5.70. The summed E-state index contributed by atoms with van der Waals surface area (Å²) in [5.74, 6) is -0.416. The molecular formula is C13H10F2O. The Morgan fingerprint density at radius 2 is 1.69 bits per heavy atom. The van der Waals surface area contributed by atoms with Gasteiger partial charge in [0.25, 0.3) is 0 Å². The third-order valence-corrected chi connectivity index (χ3v) is 2.33. The lowest BCUT2D eigenvalue weighted by molar-refractivity contribution is 0.416. The van der Waals surface area contributed by atoms with Crippen molar-refractivity contribution in [2.45, 2.75) is 0 Å². The van der Waals surface area contributed by atoms with Gasteiger partial charge in [0.2, 0.25) is 0 Å². The second-order valence-electron chi connectivity index (χ2n) is 3.32. The van der Waals surface area contributed by atoms with E-state index in [4.69, 9.17) is 4.74 Å². The number of methoxy groups -OCH3 is 1. The summed E-state index contributed by atoms with van der Waals surface area (Å²) in [7, 11) is 1.50. The van der Waals surface area contributed by atoms with Crippen LogP contribution in [0.3, 0.4) is 0 Å². The largest absolute Gasteiger partial charge is 0.496 e. The topological polar surface area (TPSA) is 9.23 Å². The molecule has 3 heteroatoms. The van der Waals surface area contributed by atoms with Gasteiger partial charge in [-0.15, -0.1) is 0 Å². The van der Waals surface area contributed by atoms with Crippen LogP contribution in [-0.2, 0) is 0 Å². The molecule has 2 aromatic carbocycles. The quantitative estimate of drug-likeness (QED) is 0.750. The van der Waals surface area contributed by atoms with Gasteiger partial charge < -0.3 is 4.74 Å². The van der Waals surface area contributed by atoms with Gasteiger partial charge in [-0.2, -0.15) is 0 Å². The number of para-hydroxylation sites is 1. The molecule has 0 bridgehead atoms. The molecule has 0 heterocycles. The lowest BCUT2D eigenvalue weighted by Crippen LogP contribution is -1.91. The molecule has 2 aromatic rings. The van der Waals surface area contributed by atoms with Crippen LogP contribution in [0, 0.1) is 11.6 Å². The van der Waals surface area contributed by atoms with Crippen molar-refractivity contribution in [3.8, 4) is 16.9 Å². The van der Waals surface area contributed by atoms with Crippen molar-refractivity contribution >= 4 is 0 Å². The Balaban J connectivity index is 2.62. The number of rotatable bonds is 2. The van der Waals surface area contributed by atoms with Crippen LogP contribution < -0.4 is 4.74 Å². The predicted octanol–water partition coefficient (Wildman–Crippen LogP) is 3.64. The smallest absolute Gasteiger partial charge is 0.131 e. The summed E-state index contributed by atoms with van der Waals surface area (Å²) in [6, 6.07) is 10.3. The third-order valence-electron chi connectivity index (χ3n) is 2.33. The van der Waals surface area contributed by atoms with Gasteiger partial charge in [-0.3, -0.25) is 0 Å². The maximum absolute atomic E-state index is 13.5. The van der Waals surface area contributed by atoms with Gasteiger partial charge >= 0.3 is 0 Å². The zero-order chi connectivity index (χ0) is 11.5. The Kier molecular flexibility index (Phi) is 2.86. The van der Waals surface area contributed by atoms with Gasteiger partial charge in [-0.05, 0) is 24.3 Å². The molecule has 0 aliphatic rings. The van der Waals surface area contributed by atoms with E-state index in [9.17, 15) is 8.78 Å². The maximum atomic E-state index is 13.5. The first-order valence-corrected chi connectivity index (χ1v) is 4.81. The van der Waals surface area contributed by atoms with E-state index in [-0.39, 0.29) is 5.56 Å². The Labute approximate surface area is 92.3 Å². The van der Waals surface area contributed by atoms with Crippen molar-refractivity contribution in [2.24, 2.45) is 0 Å². The van der Waals surface area contributed by atoms with Gasteiger partial charge in [-0.1, -0.05) is 18.2 Å². The molecule has 0 spiro atoms. The van der Waals surface area contributed by atoms with Crippen LogP contribution in [0.15, 0.2) is 42.5 Å². The number of benzene rings is 2. The van der Waals surface area contributed by atoms with E-state index in [0.717, 1.165) is 18.2 Å². The molecule has 0 N–H and O–H groups in total. The van der Waals surface area contributed by atoms with Crippen molar-refractivity contribution in [3.63, 3.8) is 0 Å². The highest BCUT2D eigenvalue weighted by Gasteiger charge is 2.10. The average molecular weight is 220 g/mol. The second kappa shape index (κ2) is 4.31. The van der Waals surface area contributed by atoms with Crippen molar-refractivity contribution in [3.05, 3.63) is 54.1 Å². The lowest BCUT2D eigenvalue weighted by Gasteiger charge is -2.09. The molecule has 0 saturated carbocycles. The van der Waals surface area contributed by atoms with Crippen molar-refractivity contribution < 1.29 is 13.5 Å². The first kappa shape index (κ1) is 10.6. The normalized spacial score (nSPS) is 10.2. The molecule has 0 saturated heterocycles. The highest BCUT2D eigenvalue weighted by Crippen LogP contribution is 2.31. The van der Waals surface area contributed by atoms with Gasteiger partial charge in [0.1, 0.15) is 17.4 Å². The fourth-order valence-corrected chi connectivity index (χ4v) is 1.57. The first-order chi connectivity index (χ1) is 7.72. The van der Waals surface area contributed by atoms with Crippen LogP contribution >= 0.6 is 0 Å². The Hall–Kier alpha value is -1.90. The molecule has 2 rings (SSSR count). The van der Waals surface area contributed by atoms with Gasteiger partial charge in [0, 0.05) is 11.1 Å². The molecule has 0 aromatic heterocycles. The van der Waals surface area contributed by atoms with Crippen molar-refractivity contribution in [2.75, 3.05) is 7.11 Å². The molecule has 1 nitrogen and oxygen atoms in total. The van der Waals surface area contributed by atoms with Crippen LogP contribution in [0.4, 0.5) is 8.78 Å². The molecule has 0 aliphatic carbocycles. The monoisotopic (exact) mass is 220 g/mol. The Morgan fingerprint density at radius 3 is 2.44 bits per heavy atom. The first-order valence-electron chi connectivity index (χ1n) is 4.81. The zero-order valence-corrected chi connectivity index (χ0v) is 8.71. The summed E-state index contributed by atoms with van der Waals surface area (Å²) in [4.78, 5) is 0. The van der Waals surface area contributed by atoms with Gasteiger partial charge in [-0.25, -0.2) is 8.78 Å². The van der Waals surface area contributed by atoms with E-state index in [1.165, 1.54) is 7.11 Å². The maximum Gasteiger partial charge on any atom is 0.131 e. The van der Waals surface area contributed by atoms with Gasteiger partial charge in [0.15, 0.2) is 0 Å². The second-order valence-corrected chi connectivity index (χ2v) is 3.32. The number of halogens is 2. The lowest BCUT2D eigenvalue weighted by atomic mass is 10.0. The minimum absolute atomic E-state index is 0.206. The average Bonchev–Trinajstić information content (AvgIpc) is 2.32. The van der Waals surface area contributed by atoms with E-state index < -0.39 is 11.6 Å². The number of ether oxygens (including phenoxy) is 1. The molecule has 0 amide bonds. The summed E-state index contributed by atoms with van der Waals surface area (Å²) < 4.78 is 31.7. The minimum atomic E-state index is -0.470. The minimum Gasteiger partial charge on any atom is -0.496 e. The SMILES string of the molecule is COc1ccccc1-c1cc(F)ccc1F.